The van der Waals surface area contributed by atoms with Gasteiger partial charge in [-0.3, -0.25) is 4.79 Å². The van der Waals surface area contributed by atoms with Gasteiger partial charge in [0.2, 0.25) is 0 Å². The molecule has 0 aliphatic rings. The van der Waals surface area contributed by atoms with Gasteiger partial charge in [0.15, 0.2) is 0 Å². The second kappa shape index (κ2) is 8.01. The Morgan fingerprint density at radius 1 is 1.47 bits per heavy atom. The van der Waals surface area contributed by atoms with Gasteiger partial charge in [-0.05, 0) is 13.3 Å². The lowest BCUT2D eigenvalue weighted by atomic mass is 9.95. The monoisotopic (exact) mass is 299 g/mol. The standard InChI is InChI=1S/C13H18BrNO2/c1-9(2)5-6-10(3)7-11(12(15)8-14)13(16)17-4/h5-6,11,15H,1,3,7-8H2,2,4H3. The van der Waals surface area contributed by atoms with Gasteiger partial charge in [0.25, 0.3) is 0 Å². The quantitative estimate of drug-likeness (QED) is 0.339. The molecule has 0 aliphatic heterocycles. The lowest BCUT2D eigenvalue weighted by Crippen LogP contribution is -2.26. The number of alkyl halides is 1. The molecule has 94 valence electrons. The number of rotatable bonds is 7. The smallest absolute Gasteiger partial charge is 0.314 e. The molecule has 0 amide bonds. The highest BCUT2D eigenvalue weighted by molar-refractivity contribution is 9.09. The molecule has 1 unspecified atom stereocenters. The van der Waals surface area contributed by atoms with E-state index in [9.17, 15) is 4.79 Å². The average molecular weight is 300 g/mol. The highest BCUT2D eigenvalue weighted by Crippen LogP contribution is 2.16. The molecule has 1 N–H and O–H groups in total. The van der Waals surface area contributed by atoms with Crippen LogP contribution in [0.5, 0.6) is 0 Å². The SMILES string of the molecule is C=C(C)C=CC(=C)CC(C(=N)CBr)C(=O)OC. The second-order valence-corrected chi connectivity index (χ2v) is 4.34. The molecule has 4 heteroatoms. The summed E-state index contributed by atoms with van der Waals surface area (Å²) in [4.78, 5) is 11.5. The molecule has 0 aromatic rings. The Labute approximate surface area is 111 Å². The molecule has 0 spiro atoms. The lowest BCUT2D eigenvalue weighted by molar-refractivity contribution is -0.142. The van der Waals surface area contributed by atoms with Crippen molar-refractivity contribution >= 4 is 27.6 Å². The largest absolute Gasteiger partial charge is 0.469 e. The summed E-state index contributed by atoms with van der Waals surface area (Å²) in [5, 5.41) is 8.06. The predicted octanol–water partition coefficient (Wildman–Crippen LogP) is 3.27. The number of hydrogen-bond donors (Lipinski definition) is 1. The van der Waals surface area contributed by atoms with E-state index >= 15 is 0 Å². The molecule has 0 heterocycles. The summed E-state index contributed by atoms with van der Waals surface area (Å²) >= 11 is 3.17. The summed E-state index contributed by atoms with van der Waals surface area (Å²) in [6, 6.07) is 0. The maximum Gasteiger partial charge on any atom is 0.314 e. The zero-order chi connectivity index (χ0) is 13.4. The molecule has 3 nitrogen and oxygen atoms in total. The molecule has 0 saturated heterocycles. The topological polar surface area (TPSA) is 50.2 Å². The molecule has 0 saturated carbocycles. The van der Waals surface area contributed by atoms with E-state index in [0.717, 1.165) is 11.1 Å². The molecule has 0 bridgehead atoms. The Hall–Kier alpha value is -1.16. The zero-order valence-corrected chi connectivity index (χ0v) is 11.8. The van der Waals surface area contributed by atoms with Crippen LogP contribution < -0.4 is 0 Å². The first-order valence-corrected chi connectivity index (χ1v) is 6.27. The summed E-state index contributed by atoms with van der Waals surface area (Å²) in [5.74, 6) is -0.971. The number of carbonyl (C=O) groups is 1. The molecule has 17 heavy (non-hydrogen) atoms. The van der Waals surface area contributed by atoms with Crippen LogP contribution >= 0.6 is 15.9 Å². The average Bonchev–Trinajstić information content (AvgIpc) is 2.31. The Kier molecular flexibility index (Phi) is 7.46. The van der Waals surface area contributed by atoms with Crippen LogP contribution in [0.15, 0.2) is 36.5 Å². The maximum atomic E-state index is 11.5. The van der Waals surface area contributed by atoms with E-state index in [1.165, 1.54) is 7.11 Å². The molecule has 0 aromatic heterocycles. The molecular weight excluding hydrogens is 282 g/mol. The number of nitrogens with one attached hydrogen (secondary N) is 1. The van der Waals surface area contributed by atoms with Crippen LogP contribution in [0.3, 0.4) is 0 Å². The summed E-state index contributed by atoms with van der Waals surface area (Å²) in [5.41, 5.74) is 1.98. The van der Waals surface area contributed by atoms with Gasteiger partial charge in [0.05, 0.1) is 13.0 Å². The number of esters is 1. The van der Waals surface area contributed by atoms with Gasteiger partial charge < -0.3 is 10.1 Å². The number of ether oxygens (including phenoxy) is 1. The van der Waals surface area contributed by atoms with E-state index in [1.807, 2.05) is 13.0 Å². The fraction of sp³-hybridized carbons (Fsp3) is 0.385. The third kappa shape index (κ3) is 6.22. The minimum Gasteiger partial charge on any atom is -0.469 e. The van der Waals surface area contributed by atoms with Gasteiger partial charge in [0.1, 0.15) is 0 Å². The molecule has 1 atom stereocenters. The van der Waals surface area contributed by atoms with Crippen molar-refractivity contribution in [2.24, 2.45) is 5.92 Å². The summed E-state index contributed by atoms with van der Waals surface area (Å²) < 4.78 is 4.68. The molecule has 0 aromatic carbocycles. The van der Waals surface area contributed by atoms with E-state index in [-0.39, 0.29) is 0 Å². The summed E-state index contributed by atoms with van der Waals surface area (Å²) in [7, 11) is 1.32. The highest BCUT2D eigenvalue weighted by Gasteiger charge is 2.23. The van der Waals surface area contributed by atoms with Crippen molar-refractivity contribution in [3.8, 4) is 0 Å². The van der Waals surface area contributed by atoms with E-state index in [4.69, 9.17) is 5.41 Å². The fourth-order valence-corrected chi connectivity index (χ4v) is 1.57. The van der Waals surface area contributed by atoms with E-state index < -0.39 is 11.9 Å². The highest BCUT2D eigenvalue weighted by atomic mass is 79.9. The Morgan fingerprint density at radius 3 is 2.47 bits per heavy atom. The lowest BCUT2D eigenvalue weighted by Gasteiger charge is -2.14. The van der Waals surface area contributed by atoms with Crippen molar-refractivity contribution in [2.75, 3.05) is 12.4 Å². The van der Waals surface area contributed by atoms with Gasteiger partial charge in [-0.15, -0.1) is 0 Å². The normalized spacial score (nSPS) is 12.2. The Balaban J connectivity index is 4.65. The van der Waals surface area contributed by atoms with Gasteiger partial charge in [-0.2, -0.15) is 0 Å². The molecule has 0 fully saturated rings. The zero-order valence-electron chi connectivity index (χ0n) is 10.3. The number of methoxy groups -OCH3 is 1. The predicted molar refractivity (Wildman–Crippen MR) is 74.7 cm³/mol. The van der Waals surface area contributed by atoms with Crippen LogP contribution in [0.4, 0.5) is 0 Å². The Morgan fingerprint density at radius 2 is 2.06 bits per heavy atom. The van der Waals surface area contributed by atoms with E-state index in [2.05, 4.69) is 33.8 Å². The van der Waals surface area contributed by atoms with Crippen LogP contribution in [-0.4, -0.2) is 24.1 Å². The number of allylic oxidation sites excluding steroid dienone is 4. The van der Waals surface area contributed by atoms with E-state index in [0.29, 0.717) is 17.5 Å². The van der Waals surface area contributed by atoms with Crippen molar-refractivity contribution in [3.05, 3.63) is 36.5 Å². The van der Waals surface area contributed by atoms with Crippen LogP contribution in [0.1, 0.15) is 13.3 Å². The van der Waals surface area contributed by atoms with Crippen molar-refractivity contribution in [1.29, 1.82) is 5.41 Å². The minimum absolute atomic E-state index is 0.293. The summed E-state index contributed by atoms with van der Waals surface area (Å²) in [6.07, 6.45) is 4.02. The fourth-order valence-electron chi connectivity index (χ4n) is 1.17. The van der Waals surface area contributed by atoms with Crippen LogP contribution in [-0.2, 0) is 9.53 Å². The van der Waals surface area contributed by atoms with Crippen molar-refractivity contribution in [1.82, 2.24) is 0 Å². The van der Waals surface area contributed by atoms with Crippen molar-refractivity contribution in [3.63, 3.8) is 0 Å². The van der Waals surface area contributed by atoms with E-state index in [1.54, 1.807) is 6.08 Å². The van der Waals surface area contributed by atoms with Gasteiger partial charge in [-0.25, -0.2) is 0 Å². The number of hydrogen-bond acceptors (Lipinski definition) is 3. The second-order valence-electron chi connectivity index (χ2n) is 3.78. The first-order valence-electron chi connectivity index (χ1n) is 5.14. The third-order valence-corrected chi connectivity index (χ3v) is 2.72. The minimum atomic E-state index is -0.568. The third-order valence-electron chi connectivity index (χ3n) is 2.12. The molecular formula is C13H18BrNO2. The number of halogens is 1. The first-order chi connectivity index (χ1) is 7.92. The summed E-state index contributed by atoms with van der Waals surface area (Å²) in [6.45, 7) is 9.47. The molecule has 0 radical (unpaired) electrons. The number of carbonyl (C=O) groups excluding carboxylic acids is 1. The molecule has 0 aliphatic carbocycles. The van der Waals surface area contributed by atoms with Gasteiger partial charge >= 0.3 is 5.97 Å². The van der Waals surface area contributed by atoms with Crippen molar-refractivity contribution in [2.45, 2.75) is 13.3 Å². The van der Waals surface area contributed by atoms with Crippen LogP contribution in [0.25, 0.3) is 0 Å². The van der Waals surface area contributed by atoms with Crippen LogP contribution in [0.2, 0.25) is 0 Å². The van der Waals surface area contributed by atoms with Gasteiger partial charge in [-0.1, -0.05) is 52.4 Å². The van der Waals surface area contributed by atoms with Gasteiger partial charge in [0, 0.05) is 11.0 Å². The Bertz CT molecular complexity index is 342. The first kappa shape index (κ1) is 15.8. The maximum absolute atomic E-state index is 11.5. The van der Waals surface area contributed by atoms with Crippen molar-refractivity contribution < 1.29 is 9.53 Å². The molecule has 0 rings (SSSR count). The van der Waals surface area contributed by atoms with Crippen LogP contribution in [0, 0.1) is 11.3 Å².